The van der Waals surface area contributed by atoms with Crippen molar-refractivity contribution < 1.29 is 29.5 Å². The summed E-state index contributed by atoms with van der Waals surface area (Å²) in [5.74, 6) is -0.321. The number of rotatable bonds is 19. The van der Waals surface area contributed by atoms with E-state index in [2.05, 4.69) is 12.6 Å². The van der Waals surface area contributed by atoms with Crippen molar-refractivity contribution in [1.82, 2.24) is 0 Å². The Morgan fingerprint density at radius 2 is 0.958 bits per heavy atom. The van der Waals surface area contributed by atoms with Crippen molar-refractivity contribution in [3.8, 4) is 0 Å². The molecular weight excluding hydrogens is 332 g/mol. The fraction of sp³-hybridized carbons (Fsp3) is 1.00. The predicted molar refractivity (Wildman–Crippen MR) is 97.3 cm³/mol. The van der Waals surface area contributed by atoms with Crippen LogP contribution in [0.4, 0.5) is 0 Å². The van der Waals surface area contributed by atoms with Gasteiger partial charge in [0.25, 0.3) is 5.97 Å². The summed E-state index contributed by atoms with van der Waals surface area (Å²) < 4.78 is 16.6. The van der Waals surface area contributed by atoms with Gasteiger partial charge in [-0.25, -0.2) is 0 Å². The van der Waals surface area contributed by atoms with E-state index >= 15 is 0 Å². The van der Waals surface area contributed by atoms with Crippen LogP contribution >= 0.6 is 12.6 Å². The number of hydrogen-bond donors (Lipinski definition) is 4. The predicted octanol–water partition coefficient (Wildman–Crippen LogP) is 2.11. The molecule has 0 atom stereocenters. The van der Waals surface area contributed by atoms with Gasteiger partial charge in [-0.05, 0) is 18.6 Å². The molecule has 24 heavy (non-hydrogen) atoms. The first kappa shape index (κ1) is 24.1. The molecule has 0 fully saturated rings. The largest absolute Gasteiger partial charge is 0.394 e. The van der Waals surface area contributed by atoms with Crippen molar-refractivity contribution in [3.05, 3.63) is 0 Å². The quantitative estimate of drug-likeness (QED) is 0.159. The van der Waals surface area contributed by atoms with Crippen LogP contribution in [0.5, 0.6) is 0 Å². The first-order valence-electron chi connectivity index (χ1n) is 9.10. The molecule has 0 radical (unpaired) electrons. The number of hydrogen-bond acceptors (Lipinski definition) is 7. The monoisotopic (exact) mass is 368 g/mol. The van der Waals surface area contributed by atoms with Crippen molar-refractivity contribution in [3.63, 3.8) is 0 Å². The van der Waals surface area contributed by atoms with Crippen molar-refractivity contribution in [2.75, 3.05) is 45.4 Å². The van der Waals surface area contributed by atoms with Gasteiger partial charge in [0.05, 0.1) is 39.6 Å². The van der Waals surface area contributed by atoms with Gasteiger partial charge < -0.3 is 29.5 Å². The molecule has 3 N–H and O–H groups in total. The molecule has 0 aromatic rings. The molecule has 0 aromatic carbocycles. The number of aliphatic hydroxyl groups excluding tert-OH is 3. The first-order chi connectivity index (χ1) is 11.7. The fourth-order valence-electron chi connectivity index (χ4n) is 2.46. The van der Waals surface area contributed by atoms with Crippen LogP contribution in [0.25, 0.3) is 0 Å². The Morgan fingerprint density at radius 1 is 0.583 bits per heavy atom. The molecule has 0 aliphatic carbocycles. The molecule has 0 rings (SSSR count). The molecule has 0 spiro atoms. The summed E-state index contributed by atoms with van der Waals surface area (Å²) >= 11 is 4.21. The third kappa shape index (κ3) is 13.4. The SMILES string of the molecule is OCCOC(CCCCCCCCCCS)(OCCO)OCCO. The van der Waals surface area contributed by atoms with Gasteiger partial charge >= 0.3 is 0 Å². The van der Waals surface area contributed by atoms with Gasteiger partial charge in [-0.15, -0.1) is 0 Å². The van der Waals surface area contributed by atoms with E-state index in [9.17, 15) is 0 Å². The maximum absolute atomic E-state index is 8.97. The van der Waals surface area contributed by atoms with Gasteiger partial charge in [-0.1, -0.05) is 38.5 Å². The third-order valence-electron chi connectivity index (χ3n) is 3.63. The van der Waals surface area contributed by atoms with Crippen molar-refractivity contribution >= 4 is 12.6 Å². The molecule has 0 amide bonds. The van der Waals surface area contributed by atoms with E-state index in [0.29, 0.717) is 6.42 Å². The molecule has 6 nitrogen and oxygen atoms in total. The Bertz CT molecular complexity index is 233. The zero-order valence-corrected chi connectivity index (χ0v) is 15.7. The Labute approximate surface area is 151 Å². The molecule has 0 aromatic heterocycles. The second-order valence-corrected chi connectivity index (χ2v) is 6.15. The Kier molecular flexibility index (Phi) is 18.0. The zero-order valence-electron chi connectivity index (χ0n) is 14.8. The Hall–Kier alpha value is 0.110. The lowest BCUT2D eigenvalue weighted by Gasteiger charge is -2.33. The van der Waals surface area contributed by atoms with Crippen molar-refractivity contribution in [2.24, 2.45) is 0 Å². The van der Waals surface area contributed by atoms with Gasteiger partial charge in [0.15, 0.2) is 0 Å². The molecule has 7 heteroatoms. The average molecular weight is 369 g/mol. The minimum Gasteiger partial charge on any atom is -0.394 e. The lowest BCUT2D eigenvalue weighted by Crippen LogP contribution is -2.41. The van der Waals surface area contributed by atoms with Gasteiger partial charge in [-0.3, -0.25) is 0 Å². The van der Waals surface area contributed by atoms with Crippen LogP contribution < -0.4 is 0 Å². The summed E-state index contributed by atoms with van der Waals surface area (Å²) in [6.45, 7) is -0.164. The van der Waals surface area contributed by atoms with E-state index in [-0.39, 0.29) is 39.6 Å². The minimum atomic E-state index is -1.29. The summed E-state index contributed by atoms with van der Waals surface area (Å²) in [4.78, 5) is 0. The molecule has 0 bridgehead atoms. The molecule has 0 saturated carbocycles. The molecule has 0 aliphatic rings. The van der Waals surface area contributed by atoms with Crippen LogP contribution in [0, 0.1) is 0 Å². The molecule has 0 heterocycles. The number of aliphatic hydroxyl groups is 3. The molecule has 0 unspecified atom stereocenters. The number of thiol groups is 1. The van der Waals surface area contributed by atoms with E-state index in [4.69, 9.17) is 29.5 Å². The van der Waals surface area contributed by atoms with Crippen LogP contribution in [-0.2, 0) is 14.2 Å². The van der Waals surface area contributed by atoms with E-state index in [1.807, 2.05) is 0 Å². The van der Waals surface area contributed by atoms with Gasteiger partial charge in [0.1, 0.15) is 0 Å². The summed E-state index contributed by atoms with van der Waals surface area (Å²) in [6, 6.07) is 0. The second-order valence-electron chi connectivity index (χ2n) is 5.70. The van der Waals surface area contributed by atoms with Crippen LogP contribution in [0.2, 0.25) is 0 Å². The van der Waals surface area contributed by atoms with Crippen LogP contribution in [0.15, 0.2) is 0 Å². The first-order valence-corrected chi connectivity index (χ1v) is 9.73. The molecule has 0 saturated heterocycles. The van der Waals surface area contributed by atoms with E-state index in [1.54, 1.807) is 0 Å². The zero-order chi connectivity index (χ0) is 17.9. The summed E-state index contributed by atoms with van der Waals surface area (Å²) in [6.07, 6.45) is 9.74. The summed E-state index contributed by atoms with van der Waals surface area (Å²) in [5.41, 5.74) is 0. The van der Waals surface area contributed by atoms with E-state index in [0.717, 1.165) is 25.0 Å². The van der Waals surface area contributed by atoms with Gasteiger partial charge in [-0.2, -0.15) is 12.6 Å². The average Bonchev–Trinajstić information content (AvgIpc) is 2.61. The maximum atomic E-state index is 8.97. The summed E-state index contributed by atoms with van der Waals surface area (Å²) in [5, 5.41) is 26.9. The normalized spacial score (nSPS) is 12.0. The highest BCUT2D eigenvalue weighted by molar-refractivity contribution is 7.80. The molecular formula is C17H36O6S. The maximum Gasteiger partial charge on any atom is 0.283 e. The standard InChI is InChI=1S/C17H36O6S/c18-10-13-21-17(22-14-11-19,23-15-12-20)9-7-5-3-1-2-4-6-8-16-24/h18-20,24H,1-16H2. The second kappa shape index (κ2) is 17.9. The number of unbranched alkanes of at least 4 members (excludes halogenated alkanes) is 7. The Balaban J connectivity index is 4.07. The smallest absolute Gasteiger partial charge is 0.283 e. The highest BCUT2D eigenvalue weighted by Gasteiger charge is 2.32. The topological polar surface area (TPSA) is 88.4 Å². The van der Waals surface area contributed by atoms with E-state index < -0.39 is 5.97 Å². The molecule has 146 valence electrons. The highest BCUT2D eigenvalue weighted by atomic mass is 32.1. The lowest BCUT2D eigenvalue weighted by atomic mass is 10.1. The van der Waals surface area contributed by atoms with E-state index in [1.165, 1.54) is 32.1 Å². The van der Waals surface area contributed by atoms with Crippen molar-refractivity contribution in [1.29, 1.82) is 0 Å². The fourth-order valence-corrected chi connectivity index (χ4v) is 2.68. The Morgan fingerprint density at radius 3 is 1.33 bits per heavy atom. The van der Waals surface area contributed by atoms with Gasteiger partial charge in [0, 0.05) is 6.42 Å². The minimum absolute atomic E-state index is 0.0853. The van der Waals surface area contributed by atoms with Crippen LogP contribution in [0.1, 0.15) is 57.8 Å². The summed E-state index contributed by atoms with van der Waals surface area (Å²) in [7, 11) is 0. The number of ether oxygens (including phenoxy) is 3. The van der Waals surface area contributed by atoms with Crippen LogP contribution in [-0.4, -0.2) is 66.7 Å². The van der Waals surface area contributed by atoms with Gasteiger partial charge in [0.2, 0.25) is 0 Å². The van der Waals surface area contributed by atoms with Crippen molar-refractivity contribution in [2.45, 2.75) is 63.8 Å². The highest BCUT2D eigenvalue weighted by Crippen LogP contribution is 2.24. The lowest BCUT2D eigenvalue weighted by molar-refractivity contribution is -0.387. The third-order valence-corrected chi connectivity index (χ3v) is 3.95. The molecule has 0 aliphatic heterocycles. The van der Waals surface area contributed by atoms with Crippen LogP contribution in [0.3, 0.4) is 0 Å².